The minimum absolute atomic E-state index is 0.181. The number of aromatic nitrogens is 2. The Labute approximate surface area is 208 Å². The quantitative estimate of drug-likeness (QED) is 0.654. The van der Waals surface area contributed by atoms with Gasteiger partial charge in [0.15, 0.2) is 0 Å². The molecular weight excluding hydrogens is 471 g/mol. The summed E-state index contributed by atoms with van der Waals surface area (Å²) in [5.74, 6) is -1.23. The first-order valence-corrected chi connectivity index (χ1v) is 12.4. The average Bonchev–Trinajstić information content (AvgIpc) is 3.10. The van der Waals surface area contributed by atoms with Crippen LogP contribution in [0.2, 0.25) is 0 Å². The van der Waals surface area contributed by atoms with Gasteiger partial charge >= 0.3 is 12.2 Å². The molecule has 10 heteroatoms. The molecule has 3 aliphatic rings. The van der Waals surface area contributed by atoms with Gasteiger partial charge < -0.3 is 10.0 Å². The smallest absolute Gasteiger partial charge is 0.388 e. The molecule has 2 aromatic rings. The van der Waals surface area contributed by atoms with Crippen molar-refractivity contribution >= 4 is 11.7 Å². The van der Waals surface area contributed by atoms with Crippen molar-refractivity contribution in [3.8, 4) is 0 Å². The van der Waals surface area contributed by atoms with E-state index >= 15 is 0 Å². The summed E-state index contributed by atoms with van der Waals surface area (Å²) in [5, 5.41) is 11.0. The van der Waals surface area contributed by atoms with Gasteiger partial charge in [0.25, 0.3) is 0 Å². The molecule has 1 aromatic heterocycles. The molecule has 3 fully saturated rings. The summed E-state index contributed by atoms with van der Waals surface area (Å²) in [6.45, 7) is 0.555. The highest BCUT2D eigenvalue weighted by Gasteiger charge is 2.57. The van der Waals surface area contributed by atoms with Crippen molar-refractivity contribution < 1.29 is 23.1 Å². The van der Waals surface area contributed by atoms with Crippen LogP contribution in [0.4, 0.5) is 23.7 Å². The fraction of sp³-hybridized carbons (Fsp3) is 0.577. The van der Waals surface area contributed by atoms with Gasteiger partial charge in [0, 0.05) is 5.54 Å². The van der Waals surface area contributed by atoms with E-state index in [0.29, 0.717) is 32.2 Å². The van der Waals surface area contributed by atoms with Crippen LogP contribution in [-0.2, 0) is 11.7 Å². The third kappa shape index (κ3) is 4.14. The molecule has 36 heavy (non-hydrogen) atoms. The molecule has 5 rings (SSSR count). The lowest BCUT2D eigenvalue weighted by Crippen LogP contribution is -2.59. The maximum atomic E-state index is 13.7. The van der Waals surface area contributed by atoms with Crippen molar-refractivity contribution in [3.63, 3.8) is 0 Å². The minimum atomic E-state index is -4.65. The van der Waals surface area contributed by atoms with Gasteiger partial charge in [-0.1, -0.05) is 30.3 Å². The number of benzene rings is 1. The summed E-state index contributed by atoms with van der Waals surface area (Å²) in [7, 11) is 4.15. The van der Waals surface area contributed by atoms with Gasteiger partial charge in [-0.3, -0.25) is 9.80 Å². The van der Waals surface area contributed by atoms with Gasteiger partial charge in [-0.2, -0.15) is 13.2 Å². The molecule has 0 bridgehead atoms. The first-order chi connectivity index (χ1) is 17.0. The molecule has 1 spiro atoms. The molecule has 0 unspecified atom stereocenters. The van der Waals surface area contributed by atoms with E-state index in [-0.39, 0.29) is 23.8 Å². The number of amides is 2. The van der Waals surface area contributed by atoms with Crippen LogP contribution in [0.5, 0.6) is 0 Å². The number of carbonyl (C=O) groups excluding carboxylic acids is 1. The fourth-order valence-electron chi connectivity index (χ4n) is 6.18. The van der Waals surface area contributed by atoms with Crippen molar-refractivity contribution in [2.24, 2.45) is 0 Å². The summed E-state index contributed by atoms with van der Waals surface area (Å²) in [5.41, 5.74) is -0.154. The highest BCUT2D eigenvalue weighted by molar-refractivity contribution is 5.95. The Morgan fingerprint density at radius 2 is 1.61 bits per heavy atom. The number of nitrogens with zero attached hydrogens (tertiary/aromatic N) is 5. The van der Waals surface area contributed by atoms with E-state index < -0.39 is 23.1 Å². The van der Waals surface area contributed by atoms with Crippen molar-refractivity contribution in [1.82, 2.24) is 19.8 Å². The lowest BCUT2D eigenvalue weighted by atomic mass is 9.67. The van der Waals surface area contributed by atoms with Crippen molar-refractivity contribution in [1.29, 1.82) is 0 Å². The lowest BCUT2D eigenvalue weighted by Gasteiger charge is -2.52. The SMILES string of the molecule is CN(C)C1(c2ccccc2)CCC2(CC1)CN(c1cnc(C(F)(F)F)nc1)C(=O)N2CC1(O)CCC1. The predicted molar refractivity (Wildman–Crippen MR) is 128 cm³/mol. The number of rotatable bonds is 5. The second kappa shape index (κ2) is 8.69. The van der Waals surface area contributed by atoms with Gasteiger partial charge in [0.2, 0.25) is 5.82 Å². The summed E-state index contributed by atoms with van der Waals surface area (Å²) >= 11 is 0. The molecule has 2 heterocycles. The Balaban J connectivity index is 1.45. The van der Waals surface area contributed by atoms with Crippen LogP contribution in [0, 0.1) is 0 Å². The van der Waals surface area contributed by atoms with E-state index in [2.05, 4.69) is 41.1 Å². The highest BCUT2D eigenvalue weighted by atomic mass is 19.4. The van der Waals surface area contributed by atoms with Crippen LogP contribution in [0.15, 0.2) is 42.7 Å². The van der Waals surface area contributed by atoms with Gasteiger partial charge in [0.1, 0.15) is 0 Å². The molecule has 1 aromatic carbocycles. The molecule has 1 N–H and O–H groups in total. The Bertz CT molecular complexity index is 1090. The van der Waals surface area contributed by atoms with Crippen LogP contribution in [0.1, 0.15) is 56.3 Å². The Morgan fingerprint density at radius 1 is 1.00 bits per heavy atom. The number of anilines is 1. The molecule has 0 atom stereocenters. The summed E-state index contributed by atoms with van der Waals surface area (Å²) < 4.78 is 39.0. The van der Waals surface area contributed by atoms with E-state index in [1.54, 1.807) is 4.90 Å². The molecule has 1 saturated heterocycles. The van der Waals surface area contributed by atoms with Gasteiger partial charge in [0.05, 0.1) is 42.3 Å². The first kappa shape index (κ1) is 25.0. The molecule has 194 valence electrons. The molecular formula is C26H32F3N5O2. The number of urea groups is 1. The zero-order valence-electron chi connectivity index (χ0n) is 20.6. The summed E-state index contributed by atoms with van der Waals surface area (Å²) in [4.78, 5) is 26.2. The van der Waals surface area contributed by atoms with Gasteiger partial charge in [-0.05, 0) is 64.6 Å². The zero-order valence-corrected chi connectivity index (χ0v) is 20.6. The maximum Gasteiger partial charge on any atom is 0.451 e. The zero-order chi connectivity index (χ0) is 25.8. The van der Waals surface area contributed by atoms with E-state index in [4.69, 9.17) is 0 Å². The van der Waals surface area contributed by atoms with Crippen molar-refractivity contribution in [2.45, 2.75) is 67.8 Å². The largest absolute Gasteiger partial charge is 0.451 e. The number of hydrogen-bond donors (Lipinski definition) is 1. The normalized spacial score (nSPS) is 28.1. The van der Waals surface area contributed by atoms with E-state index in [0.717, 1.165) is 31.7 Å². The predicted octanol–water partition coefficient (Wildman–Crippen LogP) is 4.42. The number of carbonyl (C=O) groups is 1. The summed E-state index contributed by atoms with van der Waals surface area (Å²) in [6, 6.07) is 10.0. The second-order valence-electron chi connectivity index (χ2n) is 10.8. The third-order valence-corrected chi connectivity index (χ3v) is 8.60. The van der Waals surface area contributed by atoms with Crippen LogP contribution in [0.3, 0.4) is 0 Å². The standard InChI is InChI=1S/C26H32F3N5O2/c1-32(2)25(19-7-4-3-5-8-19)13-11-23(12-14-25)17-33(20-15-30-21(31-16-20)26(27,28)29)22(35)34(23)18-24(36)9-6-10-24/h3-5,7-8,15-16,36H,6,9-14,17-18H2,1-2H3. The van der Waals surface area contributed by atoms with Crippen LogP contribution in [-0.4, -0.2) is 69.2 Å². The minimum Gasteiger partial charge on any atom is -0.388 e. The van der Waals surface area contributed by atoms with Crippen LogP contribution in [0.25, 0.3) is 0 Å². The number of halogens is 3. The molecule has 7 nitrogen and oxygen atoms in total. The third-order valence-electron chi connectivity index (χ3n) is 8.60. The maximum absolute atomic E-state index is 13.7. The van der Waals surface area contributed by atoms with Crippen molar-refractivity contribution in [3.05, 3.63) is 54.1 Å². The number of β-amino-alcohol motifs (C(OH)–C–C–N with tert-alkyl or cyclic N) is 1. The topological polar surface area (TPSA) is 72.8 Å². The molecule has 2 amide bonds. The number of alkyl halides is 3. The summed E-state index contributed by atoms with van der Waals surface area (Å²) in [6.07, 6.45) is 2.72. The molecule has 2 aliphatic carbocycles. The van der Waals surface area contributed by atoms with Gasteiger partial charge in [-0.15, -0.1) is 0 Å². The Morgan fingerprint density at radius 3 is 2.11 bits per heavy atom. The fourth-order valence-corrected chi connectivity index (χ4v) is 6.18. The Hall–Kier alpha value is -2.72. The van der Waals surface area contributed by atoms with Crippen LogP contribution >= 0.6 is 0 Å². The second-order valence-corrected chi connectivity index (χ2v) is 10.8. The average molecular weight is 504 g/mol. The first-order valence-electron chi connectivity index (χ1n) is 12.4. The molecule has 1 aliphatic heterocycles. The van der Waals surface area contributed by atoms with E-state index in [1.807, 2.05) is 18.2 Å². The number of hydrogen-bond acceptors (Lipinski definition) is 5. The lowest BCUT2D eigenvalue weighted by molar-refractivity contribution is -0.144. The Kier molecular flexibility index (Phi) is 6.02. The molecule has 2 saturated carbocycles. The molecule has 0 radical (unpaired) electrons. The van der Waals surface area contributed by atoms with E-state index in [1.165, 1.54) is 10.5 Å². The van der Waals surface area contributed by atoms with E-state index in [9.17, 15) is 23.1 Å². The highest BCUT2D eigenvalue weighted by Crippen LogP contribution is 2.50. The number of aliphatic hydroxyl groups is 1. The monoisotopic (exact) mass is 503 g/mol. The van der Waals surface area contributed by atoms with Crippen LogP contribution < -0.4 is 4.90 Å². The van der Waals surface area contributed by atoms with Crippen molar-refractivity contribution in [2.75, 3.05) is 32.1 Å². The van der Waals surface area contributed by atoms with Gasteiger partial charge in [-0.25, -0.2) is 14.8 Å².